The number of thioether (sulfide) groups is 1. The van der Waals surface area contributed by atoms with Gasteiger partial charge in [-0.15, -0.1) is 0 Å². The standard InChI is InChI=1S/C22H20F2N6O3S/c1-12-2-3-17-15(6-12)29-21(34-17)20(33)28-16-9-26-5-4-14(16)19(32)27-10-18(31)30-11-22(23,24)7-13(30)8-25/h2-6,9,13,21,29H,7,10-11H2,1H3,(H,27,32)(H,28,33)/t13-,21?/m0/s1. The number of carbonyl (C=O) groups is 3. The highest BCUT2D eigenvalue weighted by atomic mass is 32.2. The average molecular weight is 487 g/mol. The van der Waals surface area contributed by atoms with Gasteiger partial charge in [-0.3, -0.25) is 19.4 Å². The largest absolute Gasteiger partial charge is 0.364 e. The molecule has 0 saturated carbocycles. The van der Waals surface area contributed by atoms with E-state index in [2.05, 4.69) is 20.9 Å². The molecular weight excluding hydrogens is 466 g/mol. The molecule has 1 aromatic carbocycles. The van der Waals surface area contributed by atoms with Gasteiger partial charge in [0.2, 0.25) is 5.91 Å². The number of anilines is 2. The maximum absolute atomic E-state index is 13.6. The molecule has 4 rings (SSSR count). The van der Waals surface area contributed by atoms with Crippen LogP contribution < -0.4 is 16.0 Å². The Hall–Kier alpha value is -3.72. The summed E-state index contributed by atoms with van der Waals surface area (Å²) >= 11 is 1.33. The number of pyridine rings is 1. The van der Waals surface area contributed by atoms with Crippen molar-refractivity contribution < 1.29 is 23.2 Å². The van der Waals surface area contributed by atoms with Crippen molar-refractivity contribution in [3.05, 3.63) is 47.8 Å². The van der Waals surface area contributed by atoms with Gasteiger partial charge in [-0.2, -0.15) is 5.26 Å². The van der Waals surface area contributed by atoms with E-state index in [1.807, 2.05) is 25.1 Å². The smallest absolute Gasteiger partial charge is 0.268 e. The summed E-state index contributed by atoms with van der Waals surface area (Å²) in [6, 6.07) is 7.60. The Balaban J connectivity index is 1.38. The molecule has 3 amide bonds. The Morgan fingerprint density at radius 1 is 1.35 bits per heavy atom. The number of nitrogens with zero attached hydrogens (tertiary/aromatic N) is 3. The van der Waals surface area contributed by atoms with Crippen LogP contribution in [0.4, 0.5) is 20.2 Å². The third-order valence-electron chi connectivity index (χ3n) is 5.37. The second-order valence-corrected chi connectivity index (χ2v) is 9.11. The highest BCUT2D eigenvalue weighted by molar-refractivity contribution is 8.01. The molecule has 2 aliphatic heterocycles. The zero-order chi connectivity index (χ0) is 24.5. The van der Waals surface area contributed by atoms with Crippen LogP contribution in [0.15, 0.2) is 41.6 Å². The molecule has 0 bridgehead atoms. The lowest BCUT2D eigenvalue weighted by atomic mass is 10.2. The van der Waals surface area contributed by atoms with Crippen molar-refractivity contribution >= 4 is 40.9 Å². The predicted molar refractivity (Wildman–Crippen MR) is 120 cm³/mol. The van der Waals surface area contributed by atoms with E-state index < -0.39 is 54.6 Å². The molecule has 0 radical (unpaired) electrons. The van der Waals surface area contributed by atoms with Crippen LogP contribution in [0.25, 0.3) is 0 Å². The molecule has 0 spiro atoms. The fourth-order valence-electron chi connectivity index (χ4n) is 3.71. The van der Waals surface area contributed by atoms with Crippen LogP contribution >= 0.6 is 11.8 Å². The predicted octanol–water partition coefficient (Wildman–Crippen LogP) is 2.36. The van der Waals surface area contributed by atoms with Crippen LogP contribution in [0.2, 0.25) is 0 Å². The minimum Gasteiger partial charge on any atom is -0.364 e. The van der Waals surface area contributed by atoms with E-state index in [-0.39, 0.29) is 11.3 Å². The highest BCUT2D eigenvalue weighted by Crippen LogP contribution is 2.39. The van der Waals surface area contributed by atoms with Crippen LogP contribution in [0.5, 0.6) is 0 Å². The lowest BCUT2D eigenvalue weighted by Gasteiger charge is -2.19. The average Bonchev–Trinajstić information content (AvgIpc) is 3.37. The summed E-state index contributed by atoms with van der Waals surface area (Å²) in [4.78, 5) is 43.5. The number of aryl methyl sites for hydroxylation is 1. The summed E-state index contributed by atoms with van der Waals surface area (Å²) in [5.74, 6) is -5.03. The van der Waals surface area contributed by atoms with Crippen molar-refractivity contribution in [1.29, 1.82) is 5.26 Å². The molecular formula is C22H20F2N6O3S. The molecule has 3 N–H and O–H groups in total. The van der Waals surface area contributed by atoms with E-state index in [0.717, 1.165) is 21.0 Å². The van der Waals surface area contributed by atoms with E-state index >= 15 is 0 Å². The Kier molecular flexibility index (Phi) is 6.39. The monoisotopic (exact) mass is 486 g/mol. The molecule has 3 heterocycles. The van der Waals surface area contributed by atoms with E-state index in [1.54, 1.807) is 6.07 Å². The molecule has 2 atom stereocenters. The maximum Gasteiger partial charge on any atom is 0.268 e. The van der Waals surface area contributed by atoms with E-state index in [9.17, 15) is 23.2 Å². The van der Waals surface area contributed by atoms with Gasteiger partial charge in [0, 0.05) is 23.2 Å². The number of rotatable bonds is 5. The summed E-state index contributed by atoms with van der Waals surface area (Å²) < 4.78 is 27.2. The molecule has 34 heavy (non-hydrogen) atoms. The Labute approximate surface area is 197 Å². The van der Waals surface area contributed by atoms with E-state index in [4.69, 9.17) is 5.26 Å². The quantitative estimate of drug-likeness (QED) is 0.592. The van der Waals surface area contributed by atoms with Gasteiger partial charge in [0.05, 0.1) is 36.6 Å². The Morgan fingerprint density at radius 3 is 2.91 bits per heavy atom. The molecule has 2 aromatic rings. The van der Waals surface area contributed by atoms with Gasteiger partial charge in [0.15, 0.2) is 5.37 Å². The number of carbonyl (C=O) groups excluding carboxylic acids is 3. The number of nitrogens with one attached hydrogen (secondary N) is 3. The highest BCUT2D eigenvalue weighted by Gasteiger charge is 2.47. The number of nitriles is 1. The minimum absolute atomic E-state index is 0.0519. The minimum atomic E-state index is -3.15. The summed E-state index contributed by atoms with van der Waals surface area (Å²) in [6.07, 6.45) is 1.92. The van der Waals surface area contributed by atoms with Gasteiger partial charge in [-0.1, -0.05) is 17.8 Å². The van der Waals surface area contributed by atoms with Gasteiger partial charge in [0.25, 0.3) is 17.7 Å². The third kappa shape index (κ3) is 4.94. The number of alkyl halides is 2. The second-order valence-electron chi connectivity index (χ2n) is 7.96. The fraction of sp³-hybridized carbons (Fsp3) is 0.318. The van der Waals surface area contributed by atoms with Gasteiger partial charge in [0.1, 0.15) is 6.04 Å². The maximum atomic E-state index is 13.6. The van der Waals surface area contributed by atoms with Crippen LogP contribution in [0.1, 0.15) is 22.3 Å². The summed E-state index contributed by atoms with van der Waals surface area (Å²) in [6.45, 7) is 0.503. The van der Waals surface area contributed by atoms with Crippen molar-refractivity contribution in [3.8, 4) is 6.07 Å². The number of aromatic nitrogens is 1. The first-order valence-electron chi connectivity index (χ1n) is 10.3. The van der Waals surface area contributed by atoms with Gasteiger partial charge in [-0.25, -0.2) is 8.78 Å². The molecule has 176 valence electrons. The molecule has 12 heteroatoms. The van der Waals surface area contributed by atoms with Crippen molar-refractivity contribution in [2.75, 3.05) is 23.7 Å². The molecule has 1 unspecified atom stereocenters. The third-order valence-corrected chi connectivity index (χ3v) is 6.55. The van der Waals surface area contributed by atoms with Gasteiger partial charge >= 0.3 is 0 Å². The Bertz CT molecular complexity index is 1200. The zero-order valence-corrected chi connectivity index (χ0v) is 18.8. The summed E-state index contributed by atoms with van der Waals surface area (Å²) in [5, 5.41) is 16.6. The molecule has 1 fully saturated rings. The van der Waals surface area contributed by atoms with Gasteiger partial charge in [-0.05, 0) is 30.7 Å². The SMILES string of the molecule is Cc1ccc2c(c1)NC(C(=O)Nc1cnccc1C(=O)NCC(=O)N1CC(F)(F)C[C@H]1C#N)S2. The number of likely N-dealkylation sites (tertiary alicyclic amines) is 1. The summed E-state index contributed by atoms with van der Waals surface area (Å²) in [7, 11) is 0. The van der Waals surface area contributed by atoms with Crippen LogP contribution in [-0.2, 0) is 9.59 Å². The number of hydrogen-bond acceptors (Lipinski definition) is 7. The first-order chi connectivity index (χ1) is 16.2. The lowest BCUT2D eigenvalue weighted by Crippen LogP contribution is -2.43. The first-order valence-corrected chi connectivity index (χ1v) is 11.2. The molecule has 9 nitrogen and oxygen atoms in total. The fourth-order valence-corrected chi connectivity index (χ4v) is 4.71. The normalized spacial score (nSPS) is 20.1. The number of benzene rings is 1. The van der Waals surface area contributed by atoms with Crippen molar-refractivity contribution in [2.24, 2.45) is 0 Å². The van der Waals surface area contributed by atoms with Crippen LogP contribution in [-0.4, -0.2) is 58.0 Å². The van der Waals surface area contributed by atoms with Crippen LogP contribution in [0, 0.1) is 18.3 Å². The van der Waals surface area contributed by atoms with E-state index in [0.29, 0.717) is 0 Å². The number of halogens is 2. The lowest BCUT2D eigenvalue weighted by molar-refractivity contribution is -0.131. The Morgan fingerprint density at radius 2 is 2.15 bits per heavy atom. The van der Waals surface area contributed by atoms with Crippen molar-refractivity contribution in [1.82, 2.24) is 15.2 Å². The molecule has 0 aliphatic carbocycles. The number of amides is 3. The molecule has 2 aliphatic rings. The van der Waals surface area contributed by atoms with Gasteiger partial charge < -0.3 is 20.9 Å². The van der Waals surface area contributed by atoms with E-state index in [1.165, 1.54) is 30.2 Å². The number of hydrogen-bond donors (Lipinski definition) is 3. The van der Waals surface area contributed by atoms with Crippen LogP contribution in [0.3, 0.4) is 0 Å². The van der Waals surface area contributed by atoms with Crippen molar-refractivity contribution in [2.45, 2.75) is 35.6 Å². The molecule has 1 aromatic heterocycles. The summed E-state index contributed by atoms with van der Waals surface area (Å²) in [5.41, 5.74) is 2.08. The first kappa shape index (κ1) is 23.4. The second kappa shape index (κ2) is 9.26. The molecule has 1 saturated heterocycles. The topological polar surface area (TPSA) is 127 Å². The van der Waals surface area contributed by atoms with Crippen molar-refractivity contribution in [3.63, 3.8) is 0 Å². The zero-order valence-electron chi connectivity index (χ0n) is 18.0. The number of fused-ring (bicyclic) bond motifs is 1.